The lowest BCUT2D eigenvalue weighted by Crippen LogP contribution is -1.81. The first kappa shape index (κ1) is 11.9. The van der Waals surface area contributed by atoms with Crippen molar-refractivity contribution in [2.45, 2.75) is 6.92 Å². The van der Waals surface area contributed by atoms with Crippen LogP contribution in [0.5, 0.6) is 5.75 Å². The van der Waals surface area contributed by atoms with Crippen molar-refractivity contribution in [2.75, 3.05) is 0 Å². The van der Waals surface area contributed by atoms with Crippen molar-refractivity contribution in [3.05, 3.63) is 58.6 Å². The van der Waals surface area contributed by atoms with Crippen molar-refractivity contribution in [1.29, 1.82) is 0 Å². The van der Waals surface area contributed by atoms with E-state index in [0.717, 1.165) is 15.5 Å². The maximum absolute atomic E-state index is 9.52. The van der Waals surface area contributed by atoms with E-state index in [2.05, 4.69) is 0 Å². The third-order valence-corrected chi connectivity index (χ3v) is 3.39. The molecule has 0 aliphatic heterocycles. The van der Waals surface area contributed by atoms with Crippen LogP contribution < -0.4 is 0 Å². The molecule has 1 N–H and O–H groups in total. The minimum absolute atomic E-state index is 0.173. The zero-order valence-corrected chi connectivity index (χ0v) is 11.2. The van der Waals surface area contributed by atoms with Gasteiger partial charge in [-0.3, -0.25) is 0 Å². The van der Waals surface area contributed by atoms with E-state index in [1.807, 2.05) is 37.3 Å². The first-order valence-corrected chi connectivity index (χ1v) is 6.38. The summed E-state index contributed by atoms with van der Waals surface area (Å²) in [6.07, 6.45) is 0. The molecule has 0 amide bonds. The Labute approximate surface area is 115 Å². The third kappa shape index (κ3) is 2.25. The molecular weight excluding hydrogens is 256 g/mol. The highest BCUT2D eigenvalue weighted by atomic mass is 32.1. The predicted molar refractivity (Wildman–Crippen MR) is 78.9 cm³/mol. The average molecular weight is 268 g/mol. The van der Waals surface area contributed by atoms with Gasteiger partial charge in [0.1, 0.15) is 17.1 Å². The Morgan fingerprint density at radius 2 is 1.74 bits per heavy atom. The topological polar surface area (TPSA) is 33.4 Å². The smallest absolute Gasteiger partial charge is 0.139 e. The molecule has 2 aromatic carbocycles. The Morgan fingerprint density at radius 3 is 2.47 bits per heavy atom. The summed E-state index contributed by atoms with van der Waals surface area (Å²) in [5.74, 6) is 0.884. The number of benzene rings is 2. The molecule has 0 radical (unpaired) electrons. The first-order valence-electron chi connectivity index (χ1n) is 5.97. The summed E-state index contributed by atoms with van der Waals surface area (Å²) < 4.78 is 6.54. The highest BCUT2D eigenvalue weighted by molar-refractivity contribution is 7.71. The lowest BCUT2D eigenvalue weighted by atomic mass is 10.1. The van der Waals surface area contributed by atoms with Crippen molar-refractivity contribution in [3.63, 3.8) is 0 Å². The molecule has 0 aliphatic rings. The molecule has 3 rings (SSSR count). The van der Waals surface area contributed by atoms with E-state index in [9.17, 15) is 5.11 Å². The molecule has 3 heteroatoms. The van der Waals surface area contributed by atoms with Crippen LogP contribution in [0.1, 0.15) is 5.56 Å². The molecule has 1 heterocycles. The summed E-state index contributed by atoms with van der Waals surface area (Å²) >= 11 is 5.37. The lowest BCUT2D eigenvalue weighted by Gasteiger charge is -2.05. The lowest BCUT2D eigenvalue weighted by molar-refractivity contribution is 0.474. The quantitative estimate of drug-likeness (QED) is 0.641. The zero-order valence-electron chi connectivity index (χ0n) is 10.4. The van der Waals surface area contributed by atoms with Gasteiger partial charge in [0.2, 0.25) is 0 Å². The second-order valence-electron chi connectivity index (χ2n) is 4.52. The Kier molecular flexibility index (Phi) is 2.84. The van der Waals surface area contributed by atoms with Crippen LogP contribution in [0.3, 0.4) is 0 Å². The van der Waals surface area contributed by atoms with Crippen LogP contribution in [-0.2, 0) is 0 Å². The molecule has 1 aromatic heterocycles. The Morgan fingerprint density at radius 1 is 1.00 bits per heavy atom. The molecular formula is C16H12O2S. The fourth-order valence-electron chi connectivity index (χ4n) is 2.00. The molecule has 0 aliphatic carbocycles. The van der Waals surface area contributed by atoms with E-state index >= 15 is 0 Å². The van der Waals surface area contributed by atoms with Gasteiger partial charge in [0, 0.05) is 23.1 Å². The predicted octanol–water partition coefficient (Wildman–Crippen LogP) is 4.84. The molecule has 0 unspecified atom stereocenters. The number of aryl methyl sites for hydroxylation is 1. The fourth-order valence-corrected chi connectivity index (χ4v) is 2.28. The summed E-state index contributed by atoms with van der Waals surface area (Å²) in [6.45, 7) is 2.04. The average Bonchev–Trinajstić information content (AvgIpc) is 2.38. The van der Waals surface area contributed by atoms with E-state index in [1.54, 1.807) is 18.2 Å². The summed E-state index contributed by atoms with van der Waals surface area (Å²) in [5, 5.41) is 10.4. The molecule has 94 valence electrons. The second-order valence-corrected chi connectivity index (χ2v) is 4.96. The van der Waals surface area contributed by atoms with Crippen LogP contribution in [0.25, 0.3) is 22.3 Å². The molecule has 0 saturated carbocycles. The maximum Gasteiger partial charge on any atom is 0.139 e. The van der Waals surface area contributed by atoms with Gasteiger partial charge in [-0.1, -0.05) is 42.0 Å². The number of aromatic hydroxyl groups is 1. The summed E-state index contributed by atoms with van der Waals surface area (Å²) in [7, 11) is 0. The molecule has 0 saturated heterocycles. The zero-order chi connectivity index (χ0) is 13.4. The summed E-state index contributed by atoms with van der Waals surface area (Å²) in [5.41, 5.74) is 2.77. The Bertz CT molecular complexity index is 801. The van der Waals surface area contributed by atoms with Gasteiger partial charge in [0.25, 0.3) is 0 Å². The van der Waals surface area contributed by atoms with Crippen LogP contribution >= 0.6 is 12.2 Å². The minimum atomic E-state index is 0.173. The van der Waals surface area contributed by atoms with Gasteiger partial charge in [-0.2, -0.15) is 0 Å². The number of hydrogen-bond donors (Lipinski definition) is 1. The van der Waals surface area contributed by atoms with Gasteiger partial charge in [0.15, 0.2) is 0 Å². The fraction of sp³-hybridized carbons (Fsp3) is 0.0625. The number of rotatable bonds is 1. The van der Waals surface area contributed by atoms with Crippen LogP contribution in [0.15, 0.2) is 52.9 Å². The molecule has 0 fully saturated rings. The first-order chi connectivity index (χ1) is 9.13. The highest BCUT2D eigenvalue weighted by Gasteiger charge is 2.05. The van der Waals surface area contributed by atoms with E-state index in [0.29, 0.717) is 11.3 Å². The van der Waals surface area contributed by atoms with E-state index < -0.39 is 0 Å². The molecule has 0 spiro atoms. The summed E-state index contributed by atoms with van der Waals surface area (Å²) in [4.78, 5) is 0. The van der Waals surface area contributed by atoms with E-state index in [-0.39, 0.29) is 5.75 Å². The van der Waals surface area contributed by atoms with Crippen LogP contribution in [0.2, 0.25) is 0 Å². The van der Waals surface area contributed by atoms with Gasteiger partial charge < -0.3 is 9.52 Å². The van der Waals surface area contributed by atoms with Crippen LogP contribution in [0.4, 0.5) is 0 Å². The second kappa shape index (κ2) is 4.52. The highest BCUT2D eigenvalue weighted by Crippen LogP contribution is 2.28. The van der Waals surface area contributed by atoms with E-state index in [4.69, 9.17) is 16.6 Å². The monoisotopic (exact) mass is 268 g/mol. The molecule has 0 atom stereocenters. The third-order valence-electron chi connectivity index (χ3n) is 3.05. The van der Waals surface area contributed by atoms with Gasteiger partial charge in [-0.15, -0.1) is 0 Å². The van der Waals surface area contributed by atoms with Gasteiger partial charge in [-0.25, -0.2) is 0 Å². The number of phenols is 1. The molecule has 3 aromatic rings. The molecule has 0 bridgehead atoms. The van der Waals surface area contributed by atoms with Crippen molar-refractivity contribution >= 4 is 23.2 Å². The minimum Gasteiger partial charge on any atom is -0.508 e. The molecule has 19 heavy (non-hydrogen) atoms. The van der Waals surface area contributed by atoms with Crippen LogP contribution in [-0.4, -0.2) is 5.11 Å². The van der Waals surface area contributed by atoms with E-state index in [1.165, 1.54) is 5.56 Å². The summed E-state index contributed by atoms with van der Waals surface area (Å²) in [6, 6.07) is 14.9. The van der Waals surface area contributed by atoms with Gasteiger partial charge in [-0.05, 0) is 19.1 Å². The van der Waals surface area contributed by atoms with Gasteiger partial charge >= 0.3 is 0 Å². The molecule has 2 nitrogen and oxygen atoms in total. The maximum atomic E-state index is 9.52. The van der Waals surface area contributed by atoms with Crippen molar-refractivity contribution in [1.82, 2.24) is 0 Å². The Balaban J connectivity index is 2.25. The largest absolute Gasteiger partial charge is 0.508 e. The SMILES string of the molecule is Cc1ccc(-c2cc(=S)c3ccc(O)cc3o2)cc1. The van der Waals surface area contributed by atoms with Crippen molar-refractivity contribution in [3.8, 4) is 17.1 Å². The number of hydrogen-bond acceptors (Lipinski definition) is 3. The van der Waals surface area contributed by atoms with Crippen molar-refractivity contribution < 1.29 is 9.52 Å². The van der Waals surface area contributed by atoms with Gasteiger partial charge in [0.05, 0.1) is 4.51 Å². The number of phenolic OH excluding ortho intramolecular Hbond substituents is 1. The normalized spacial score (nSPS) is 10.8. The standard InChI is InChI=1S/C16H12O2S/c1-10-2-4-11(5-3-10)14-9-16(19)13-7-6-12(17)8-15(13)18-14/h2-9,17H,1H3. The van der Waals surface area contributed by atoms with Crippen LogP contribution in [0, 0.1) is 11.4 Å². The Hall–Kier alpha value is -2.13. The number of fused-ring (bicyclic) bond motifs is 1. The van der Waals surface area contributed by atoms with Crippen molar-refractivity contribution in [2.24, 2.45) is 0 Å².